The number of rotatable bonds is 1. The highest BCUT2D eigenvalue weighted by molar-refractivity contribution is 5.18. The van der Waals surface area contributed by atoms with E-state index in [1.807, 2.05) is 0 Å². The molecule has 16 heavy (non-hydrogen) atoms. The standard InChI is InChI=1S/C14H22O2/c1-3-7-4-6(2)9-10(7)11-8-5-16-14(15)12(8)13(9)11/h6-15H,3-5H2,1-2H3. The summed E-state index contributed by atoms with van der Waals surface area (Å²) in [6.45, 7) is 5.61. The van der Waals surface area contributed by atoms with Gasteiger partial charge in [0.15, 0.2) is 6.29 Å². The molecule has 0 aromatic rings. The van der Waals surface area contributed by atoms with Crippen LogP contribution in [0.25, 0.3) is 0 Å². The van der Waals surface area contributed by atoms with E-state index < -0.39 is 6.29 Å². The molecule has 0 aromatic carbocycles. The van der Waals surface area contributed by atoms with E-state index in [0.717, 1.165) is 42.1 Å². The Morgan fingerprint density at radius 1 is 1.12 bits per heavy atom. The van der Waals surface area contributed by atoms with Gasteiger partial charge in [-0.3, -0.25) is 0 Å². The first-order valence-corrected chi connectivity index (χ1v) is 7.03. The van der Waals surface area contributed by atoms with Crippen LogP contribution >= 0.6 is 0 Å². The fraction of sp³-hybridized carbons (Fsp3) is 1.00. The molecule has 3 saturated carbocycles. The van der Waals surface area contributed by atoms with Crippen molar-refractivity contribution >= 4 is 0 Å². The highest BCUT2D eigenvalue weighted by Gasteiger charge is 2.73. The van der Waals surface area contributed by atoms with Crippen LogP contribution in [-0.4, -0.2) is 18.0 Å². The van der Waals surface area contributed by atoms with Gasteiger partial charge in [0, 0.05) is 5.92 Å². The van der Waals surface area contributed by atoms with E-state index in [9.17, 15) is 5.11 Å². The minimum atomic E-state index is -0.430. The van der Waals surface area contributed by atoms with Crippen molar-refractivity contribution in [3.05, 3.63) is 0 Å². The van der Waals surface area contributed by atoms with E-state index in [4.69, 9.17) is 4.74 Å². The summed E-state index contributed by atoms with van der Waals surface area (Å²) in [6.07, 6.45) is 2.37. The highest BCUT2D eigenvalue weighted by Crippen LogP contribution is 2.74. The summed E-state index contributed by atoms with van der Waals surface area (Å²) >= 11 is 0. The van der Waals surface area contributed by atoms with Gasteiger partial charge in [0.05, 0.1) is 6.61 Å². The van der Waals surface area contributed by atoms with Crippen LogP contribution in [-0.2, 0) is 4.74 Å². The van der Waals surface area contributed by atoms with Crippen LogP contribution in [0.4, 0.5) is 0 Å². The largest absolute Gasteiger partial charge is 0.368 e. The van der Waals surface area contributed by atoms with Crippen molar-refractivity contribution in [1.29, 1.82) is 0 Å². The van der Waals surface area contributed by atoms with Crippen LogP contribution in [0.5, 0.6) is 0 Å². The topological polar surface area (TPSA) is 29.5 Å². The van der Waals surface area contributed by atoms with Gasteiger partial charge in [-0.25, -0.2) is 0 Å². The molecule has 0 bridgehead atoms. The zero-order valence-electron chi connectivity index (χ0n) is 10.2. The lowest BCUT2D eigenvalue weighted by Crippen LogP contribution is -2.65. The molecule has 0 spiro atoms. The van der Waals surface area contributed by atoms with Crippen LogP contribution in [0.2, 0.25) is 0 Å². The van der Waals surface area contributed by atoms with Gasteiger partial charge in [0.1, 0.15) is 0 Å². The van der Waals surface area contributed by atoms with Crippen molar-refractivity contribution in [2.45, 2.75) is 33.0 Å². The second-order valence-electron chi connectivity index (χ2n) is 6.66. The summed E-state index contributed by atoms with van der Waals surface area (Å²) in [7, 11) is 0. The Balaban J connectivity index is 1.61. The van der Waals surface area contributed by atoms with E-state index in [2.05, 4.69) is 13.8 Å². The van der Waals surface area contributed by atoms with Crippen molar-refractivity contribution in [3.63, 3.8) is 0 Å². The minimum Gasteiger partial charge on any atom is -0.368 e. The Kier molecular flexibility index (Phi) is 1.87. The van der Waals surface area contributed by atoms with Gasteiger partial charge in [-0.05, 0) is 47.8 Å². The lowest BCUT2D eigenvalue weighted by atomic mass is 9.37. The Bertz CT molecular complexity index is 316. The monoisotopic (exact) mass is 222 g/mol. The van der Waals surface area contributed by atoms with Crippen molar-refractivity contribution in [1.82, 2.24) is 0 Å². The van der Waals surface area contributed by atoms with Gasteiger partial charge in [-0.15, -0.1) is 0 Å². The van der Waals surface area contributed by atoms with Crippen LogP contribution < -0.4 is 0 Å². The van der Waals surface area contributed by atoms with Crippen LogP contribution in [0.3, 0.4) is 0 Å². The fourth-order valence-electron chi connectivity index (χ4n) is 5.92. The Labute approximate surface area is 97.4 Å². The highest BCUT2D eigenvalue weighted by atomic mass is 16.6. The molecule has 0 radical (unpaired) electrons. The molecule has 4 rings (SSSR count). The second-order valence-corrected chi connectivity index (χ2v) is 6.66. The van der Waals surface area contributed by atoms with Crippen molar-refractivity contribution in [2.75, 3.05) is 6.61 Å². The molecule has 2 nitrogen and oxygen atoms in total. The van der Waals surface area contributed by atoms with E-state index in [0.29, 0.717) is 11.8 Å². The summed E-state index contributed by atoms with van der Waals surface area (Å²) in [6, 6.07) is 0. The first kappa shape index (κ1) is 9.90. The molecule has 4 aliphatic rings. The number of aliphatic hydroxyl groups is 1. The minimum absolute atomic E-state index is 0.430. The summed E-state index contributed by atoms with van der Waals surface area (Å²) < 4.78 is 5.45. The predicted molar refractivity (Wildman–Crippen MR) is 60.5 cm³/mol. The maximum atomic E-state index is 9.85. The van der Waals surface area contributed by atoms with E-state index in [-0.39, 0.29) is 0 Å². The van der Waals surface area contributed by atoms with Gasteiger partial charge in [-0.1, -0.05) is 20.3 Å². The quantitative estimate of drug-likeness (QED) is 0.736. The summed E-state index contributed by atoms with van der Waals surface area (Å²) in [5.74, 6) is 6.73. The Morgan fingerprint density at radius 3 is 2.69 bits per heavy atom. The molecule has 90 valence electrons. The van der Waals surface area contributed by atoms with Gasteiger partial charge >= 0.3 is 0 Å². The lowest BCUT2D eigenvalue weighted by molar-refractivity contribution is -0.225. The molecule has 9 atom stereocenters. The number of hydrogen-bond acceptors (Lipinski definition) is 2. The predicted octanol–water partition coefficient (Wildman–Crippen LogP) is 2.13. The number of ether oxygens (including phenoxy) is 1. The van der Waals surface area contributed by atoms with Gasteiger partial charge in [0.2, 0.25) is 0 Å². The third kappa shape index (κ3) is 0.896. The average Bonchev–Trinajstić information content (AvgIpc) is 2.66. The molecule has 1 aliphatic heterocycles. The molecule has 0 aromatic heterocycles. The molecule has 1 heterocycles. The van der Waals surface area contributed by atoms with Crippen molar-refractivity contribution in [3.8, 4) is 0 Å². The zero-order valence-corrected chi connectivity index (χ0v) is 10.2. The number of aliphatic hydroxyl groups excluding tert-OH is 1. The first-order chi connectivity index (χ1) is 7.74. The lowest BCUT2D eigenvalue weighted by Gasteiger charge is -2.66. The first-order valence-electron chi connectivity index (χ1n) is 7.03. The maximum Gasteiger partial charge on any atom is 0.158 e. The number of fused-ring (bicyclic) bond motifs is 7. The molecule has 0 amide bonds. The summed E-state index contributed by atoms with van der Waals surface area (Å²) in [5, 5.41) is 9.85. The van der Waals surface area contributed by atoms with Crippen molar-refractivity contribution < 1.29 is 9.84 Å². The smallest absolute Gasteiger partial charge is 0.158 e. The summed E-state index contributed by atoms with van der Waals surface area (Å²) in [5.41, 5.74) is 0. The molecular formula is C14H22O2. The maximum absolute atomic E-state index is 9.85. The third-order valence-electron chi connectivity index (χ3n) is 6.40. The fourth-order valence-corrected chi connectivity index (χ4v) is 5.92. The second kappa shape index (κ2) is 3.02. The SMILES string of the molecule is CCC1CC(C)C2C1C1C3COC(O)C3C21. The van der Waals surface area contributed by atoms with E-state index in [1.54, 1.807) is 0 Å². The Morgan fingerprint density at radius 2 is 1.94 bits per heavy atom. The van der Waals surface area contributed by atoms with Crippen LogP contribution in [0, 0.1) is 47.3 Å². The van der Waals surface area contributed by atoms with E-state index >= 15 is 0 Å². The molecular weight excluding hydrogens is 200 g/mol. The molecule has 9 unspecified atom stereocenters. The van der Waals surface area contributed by atoms with Crippen LogP contribution in [0.15, 0.2) is 0 Å². The molecule has 4 fully saturated rings. The molecule has 2 heteroatoms. The van der Waals surface area contributed by atoms with Crippen LogP contribution in [0.1, 0.15) is 26.7 Å². The number of hydrogen-bond donors (Lipinski definition) is 1. The Hall–Kier alpha value is -0.0800. The third-order valence-corrected chi connectivity index (χ3v) is 6.40. The zero-order chi connectivity index (χ0) is 11.0. The van der Waals surface area contributed by atoms with Gasteiger partial charge in [0.25, 0.3) is 0 Å². The summed E-state index contributed by atoms with van der Waals surface area (Å²) in [4.78, 5) is 0. The molecule has 1 saturated heterocycles. The normalized spacial score (nSPS) is 66.6. The van der Waals surface area contributed by atoms with E-state index in [1.165, 1.54) is 12.8 Å². The molecule has 3 aliphatic carbocycles. The molecule has 1 N–H and O–H groups in total. The average molecular weight is 222 g/mol. The van der Waals surface area contributed by atoms with Crippen molar-refractivity contribution in [2.24, 2.45) is 47.3 Å². The van der Waals surface area contributed by atoms with Gasteiger partial charge < -0.3 is 9.84 Å². The van der Waals surface area contributed by atoms with Gasteiger partial charge in [-0.2, -0.15) is 0 Å².